The van der Waals surface area contributed by atoms with Crippen molar-refractivity contribution in [2.45, 2.75) is 25.3 Å². The zero-order valence-corrected chi connectivity index (χ0v) is 12.0. The molecule has 1 atom stereocenters. The molecule has 20 heavy (non-hydrogen) atoms. The summed E-state index contributed by atoms with van der Waals surface area (Å²) in [7, 11) is 0. The first-order chi connectivity index (χ1) is 9.41. The molecule has 1 amide bonds. The molecule has 0 aromatic heterocycles. The number of aliphatic carboxylic acids is 1. The summed E-state index contributed by atoms with van der Waals surface area (Å²) >= 11 is 2.93. The number of amides is 1. The minimum atomic E-state index is -1.16. The lowest BCUT2D eigenvalue weighted by Crippen LogP contribution is -2.48. The molecule has 2 rings (SSSR count). The Morgan fingerprint density at radius 1 is 1.25 bits per heavy atom. The molecule has 1 aliphatic heterocycles. The molecule has 0 saturated carbocycles. The lowest BCUT2D eigenvalue weighted by molar-refractivity contribution is -0.143. The van der Waals surface area contributed by atoms with Crippen molar-refractivity contribution in [2.24, 2.45) is 0 Å². The normalized spacial score (nSPS) is 18.9. The van der Waals surface area contributed by atoms with Crippen molar-refractivity contribution in [3.8, 4) is 0 Å². The van der Waals surface area contributed by atoms with E-state index in [0.29, 0.717) is 19.3 Å². The number of carbonyl (C=O) groups excluding carboxylic acids is 1. The van der Waals surface area contributed by atoms with Gasteiger partial charge in [-0.3, -0.25) is 4.79 Å². The number of piperidine rings is 1. The highest BCUT2D eigenvalue weighted by atomic mass is 79.9. The quantitative estimate of drug-likeness (QED) is 0.894. The summed E-state index contributed by atoms with van der Waals surface area (Å²) in [6.07, 6.45) is 1.59. The van der Waals surface area contributed by atoms with Crippen LogP contribution in [0.25, 0.3) is 0 Å². The molecule has 0 aliphatic carbocycles. The SMILES string of the molecule is O=C(O)C1CCCCN1C(=O)c1c(F)cc(Br)cc1F. The number of likely N-dealkylation sites (tertiary alicyclic amines) is 1. The molecule has 1 aromatic carbocycles. The van der Waals surface area contributed by atoms with Gasteiger partial charge in [-0.1, -0.05) is 15.9 Å². The van der Waals surface area contributed by atoms with E-state index in [4.69, 9.17) is 5.11 Å². The third-order valence-corrected chi connectivity index (χ3v) is 3.73. The van der Waals surface area contributed by atoms with Crippen molar-refractivity contribution in [1.29, 1.82) is 0 Å². The standard InChI is InChI=1S/C13H12BrF2NO3/c14-7-5-8(15)11(9(16)6-7)12(18)17-4-2-1-3-10(17)13(19)20/h5-6,10H,1-4H2,(H,19,20). The fourth-order valence-electron chi connectivity index (χ4n) is 2.32. The molecular formula is C13H12BrF2NO3. The van der Waals surface area contributed by atoms with E-state index in [1.54, 1.807) is 0 Å². The third kappa shape index (κ3) is 2.82. The number of carbonyl (C=O) groups is 2. The van der Waals surface area contributed by atoms with E-state index < -0.39 is 35.1 Å². The zero-order chi connectivity index (χ0) is 14.9. The van der Waals surface area contributed by atoms with Gasteiger partial charge in [0.2, 0.25) is 0 Å². The van der Waals surface area contributed by atoms with Crippen molar-refractivity contribution in [3.63, 3.8) is 0 Å². The third-order valence-electron chi connectivity index (χ3n) is 3.27. The van der Waals surface area contributed by atoms with Crippen LogP contribution >= 0.6 is 15.9 Å². The minimum absolute atomic E-state index is 0.178. The van der Waals surface area contributed by atoms with Gasteiger partial charge in [-0.15, -0.1) is 0 Å². The first-order valence-corrected chi connectivity index (χ1v) is 6.89. The zero-order valence-electron chi connectivity index (χ0n) is 10.4. The maximum atomic E-state index is 13.8. The van der Waals surface area contributed by atoms with Crippen LogP contribution in [0.4, 0.5) is 8.78 Å². The topological polar surface area (TPSA) is 57.6 Å². The number of halogens is 3. The summed E-state index contributed by atoms with van der Waals surface area (Å²) in [5.74, 6) is -4.08. The van der Waals surface area contributed by atoms with Crippen LogP contribution in [0.1, 0.15) is 29.6 Å². The van der Waals surface area contributed by atoms with Gasteiger partial charge in [0.1, 0.15) is 23.2 Å². The number of nitrogens with zero attached hydrogens (tertiary/aromatic N) is 1. The van der Waals surface area contributed by atoms with Gasteiger partial charge in [-0.25, -0.2) is 13.6 Å². The average molecular weight is 348 g/mol. The first kappa shape index (κ1) is 14.9. The Bertz CT molecular complexity index is 542. The Morgan fingerprint density at radius 3 is 2.40 bits per heavy atom. The highest BCUT2D eigenvalue weighted by molar-refractivity contribution is 9.10. The number of rotatable bonds is 2. The Labute approximate surface area is 122 Å². The highest BCUT2D eigenvalue weighted by Gasteiger charge is 2.34. The second-order valence-electron chi connectivity index (χ2n) is 4.59. The molecule has 0 radical (unpaired) electrons. The van der Waals surface area contributed by atoms with Crippen LogP contribution in [0.5, 0.6) is 0 Å². The Balaban J connectivity index is 2.37. The Kier molecular flexibility index (Phi) is 4.37. The van der Waals surface area contributed by atoms with Gasteiger partial charge >= 0.3 is 5.97 Å². The van der Waals surface area contributed by atoms with Crippen LogP contribution in [0.2, 0.25) is 0 Å². The van der Waals surface area contributed by atoms with Crippen LogP contribution in [0, 0.1) is 11.6 Å². The molecule has 1 heterocycles. The van der Waals surface area contributed by atoms with E-state index in [-0.39, 0.29) is 11.0 Å². The van der Waals surface area contributed by atoms with Gasteiger partial charge in [-0.2, -0.15) is 0 Å². The molecule has 1 N–H and O–H groups in total. The van der Waals surface area contributed by atoms with E-state index in [9.17, 15) is 18.4 Å². The minimum Gasteiger partial charge on any atom is -0.480 e. The second-order valence-corrected chi connectivity index (χ2v) is 5.51. The molecule has 0 spiro atoms. The van der Waals surface area contributed by atoms with Gasteiger partial charge in [0.15, 0.2) is 0 Å². The van der Waals surface area contributed by atoms with E-state index in [0.717, 1.165) is 17.0 Å². The monoisotopic (exact) mass is 347 g/mol. The van der Waals surface area contributed by atoms with Crippen LogP contribution in [0.3, 0.4) is 0 Å². The number of hydrogen-bond acceptors (Lipinski definition) is 2. The first-order valence-electron chi connectivity index (χ1n) is 6.10. The molecule has 4 nitrogen and oxygen atoms in total. The Morgan fingerprint density at radius 2 is 1.85 bits per heavy atom. The fraction of sp³-hybridized carbons (Fsp3) is 0.385. The van der Waals surface area contributed by atoms with Crippen molar-refractivity contribution in [3.05, 3.63) is 33.8 Å². The van der Waals surface area contributed by atoms with Crippen LogP contribution < -0.4 is 0 Å². The smallest absolute Gasteiger partial charge is 0.326 e. The molecule has 1 fully saturated rings. The number of hydrogen-bond donors (Lipinski definition) is 1. The van der Waals surface area contributed by atoms with Crippen molar-refractivity contribution in [2.75, 3.05) is 6.54 Å². The van der Waals surface area contributed by atoms with Gasteiger partial charge < -0.3 is 10.0 Å². The number of benzene rings is 1. The average Bonchev–Trinajstić information content (AvgIpc) is 2.37. The molecule has 0 bridgehead atoms. The summed E-state index contributed by atoms with van der Waals surface area (Å²) in [6.45, 7) is 0.185. The van der Waals surface area contributed by atoms with Crippen molar-refractivity contribution < 1.29 is 23.5 Å². The molecule has 7 heteroatoms. The van der Waals surface area contributed by atoms with Gasteiger partial charge in [-0.05, 0) is 31.4 Å². The summed E-state index contributed by atoms with van der Waals surface area (Å²) in [4.78, 5) is 24.4. The predicted octanol–water partition coefficient (Wildman–Crippen LogP) is 2.81. The molecular weight excluding hydrogens is 336 g/mol. The fourth-order valence-corrected chi connectivity index (χ4v) is 2.72. The summed E-state index contributed by atoms with van der Waals surface area (Å²) < 4.78 is 27.7. The summed E-state index contributed by atoms with van der Waals surface area (Å²) in [5, 5.41) is 9.10. The molecule has 1 unspecified atom stereocenters. The predicted molar refractivity (Wildman–Crippen MR) is 70.4 cm³/mol. The number of carboxylic acid groups (broad SMARTS) is 1. The van der Waals surface area contributed by atoms with E-state index >= 15 is 0 Å². The highest BCUT2D eigenvalue weighted by Crippen LogP contribution is 2.25. The van der Waals surface area contributed by atoms with E-state index in [1.807, 2.05) is 0 Å². The van der Waals surface area contributed by atoms with E-state index in [2.05, 4.69) is 15.9 Å². The lowest BCUT2D eigenvalue weighted by Gasteiger charge is -2.33. The maximum absolute atomic E-state index is 13.8. The molecule has 1 aromatic rings. The summed E-state index contributed by atoms with van der Waals surface area (Å²) in [5.41, 5.74) is -0.707. The molecule has 1 aliphatic rings. The largest absolute Gasteiger partial charge is 0.480 e. The Hall–Kier alpha value is -1.50. The summed E-state index contributed by atoms with van der Waals surface area (Å²) in [6, 6.07) is 0.935. The maximum Gasteiger partial charge on any atom is 0.326 e. The van der Waals surface area contributed by atoms with Gasteiger partial charge in [0, 0.05) is 11.0 Å². The van der Waals surface area contributed by atoms with Gasteiger partial charge in [0.05, 0.1) is 0 Å². The van der Waals surface area contributed by atoms with Crippen LogP contribution in [-0.2, 0) is 4.79 Å². The lowest BCUT2D eigenvalue weighted by atomic mass is 10.0. The van der Waals surface area contributed by atoms with Crippen molar-refractivity contribution in [1.82, 2.24) is 4.90 Å². The van der Waals surface area contributed by atoms with Crippen LogP contribution in [0.15, 0.2) is 16.6 Å². The van der Waals surface area contributed by atoms with Crippen LogP contribution in [-0.4, -0.2) is 34.5 Å². The number of carboxylic acids is 1. The molecule has 108 valence electrons. The molecule has 1 saturated heterocycles. The van der Waals surface area contributed by atoms with Crippen molar-refractivity contribution >= 4 is 27.8 Å². The van der Waals surface area contributed by atoms with Gasteiger partial charge in [0.25, 0.3) is 5.91 Å². The second kappa shape index (κ2) is 5.87. The van der Waals surface area contributed by atoms with E-state index in [1.165, 1.54) is 0 Å².